The van der Waals surface area contributed by atoms with Crippen molar-refractivity contribution in [2.45, 2.75) is 42.7 Å². The maximum Gasteiger partial charge on any atom is 0.240 e. The van der Waals surface area contributed by atoms with Gasteiger partial charge in [0.2, 0.25) is 15.9 Å². The average Bonchev–Trinajstić information content (AvgIpc) is 3.28. The van der Waals surface area contributed by atoms with E-state index in [1.165, 1.54) is 19.2 Å². The minimum atomic E-state index is -3.92. The Balaban J connectivity index is 1.59. The lowest BCUT2D eigenvalue weighted by Gasteiger charge is -2.30. The molecule has 158 valence electrons. The van der Waals surface area contributed by atoms with E-state index in [1.54, 1.807) is 31.0 Å². The fourth-order valence-electron chi connectivity index (χ4n) is 3.87. The van der Waals surface area contributed by atoms with Gasteiger partial charge in [0.05, 0.1) is 12.0 Å². The summed E-state index contributed by atoms with van der Waals surface area (Å²) in [6.07, 6.45) is 7.98. The van der Waals surface area contributed by atoms with Gasteiger partial charge in [-0.15, -0.1) is 10.2 Å². The molecule has 1 fully saturated rings. The Labute approximate surface area is 174 Å². The lowest BCUT2D eigenvalue weighted by molar-refractivity contribution is 0.305. The first-order valence-electron chi connectivity index (χ1n) is 9.62. The zero-order valence-corrected chi connectivity index (χ0v) is 17.2. The number of benzene rings is 1. The molecule has 30 heavy (non-hydrogen) atoms. The van der Waals surface area contributed by atoms with Gasteiger partial charge in [-0.2, -0.15) is 0 Å². The number of ether oxygens (including phenoxy) is 1. The molecule has 0 spiro atoms. The molecular formula is C20H22FN5O3S. The van der Waals surface area contributed by atoms with E-state index in [4.69, 9.17) is 4.74 Å². The van der Waals surface area contributed by atoms with E-state index in [9.17, 15) is 12.8 Å². The second-order valence-corrected chi connectivity index (χ2v) is 9.00. The van der Waals surface area contributed by atoms with Gasteiger partial charge in [-0.25, -0.2) is 22.5 Å². The number of aromatic nitrogens is 4. The third-order valence-electron chi connectivity index (χ3n) is 5.28. The molecular weight excluding hydrogens is 409 g/mol. The number of halogens is 1. The van der Waals surface area contributed by atoms with E-state index in [0.717, 1.165) is 25.3 Å². The molecule has 0 amide bonds. The van der Waals surface area contributed by atoms with Crippen molar-refractivity contribution in [3.63, 3.8) is 0 Å². The van der Waals surface area contributed by atoms with Crippen LogP contribution in [0.4, 0.5) is 4.39 Å². The molecule has 1 N–H and O–H groups in total. The van der Waals surface area contributed by atoms with Crippen LogP contribution in [0.3, 0.4) is 0 Å². The summed E-state index contributed by atoms with van der Waals surface area (Å²) < 4.78 is 50.3. The van der Waals surface area contributed by atoms with E-state index in [-0.39, 0.29) is 17.0 Å². The van der Waals surface area contributed by atoms with Gasteiger partial charge in [-0.3, -0.25) is 0 Å². The van der Waals surface area contributed by atoms with Crippen LogP contribution in [0.1, 0.15) is 31.7 Å². The summed E-state index contributed by atoms with van der Waals surface area (Å²) in [6, 6.07) is 6.98. The van der Waals surface area contributed by atoms with Gasteiger partial charge in [-0.1, -0.05) is 0 Å². The molecule has 1 aliphatic carbocycles. The lowest BCUT2D eigenvalue weighted by atomic mass is 9.91. The number of hydrogen-bond donors (Lipinski definition) is 1. The Morgan fingerprint density at radius 2 is 2.00 bits per heavy atom. The van der Waals surface area contributed by atoms with Crippen molar-refractivity contribution in [1.29, 1.82) is 0 Å². The molecule has 8 nitrogen and oxygen atoms in total. The number of pyridine rings is 1. The molecule has 1 aliphatic rings. The minimum absolute atomic E-state index is 0.129. The summed E-state index contributed by atoms with van der Waals surface area (Å²) in [6.45, 7) is 0. The van der Waals surface area contributed by atoms with Gasteiger partial charge in [0.15, 0.2) is 0 Å². The van der Waals surface area contributed by atoms with Crippen molar-refractivity contribution < 1.29 is 17.5 Å². The topological polar surface area (TPSA) is 99.0 Å². The van der Waals surface area contributed by atoms with Gasteiger partial charge >= 0.3 is 0 Å². The largest absolute Gasteiger partial charge is 0.481 e. The van der Waals surface area contributed by atoms with Gasteiger partial charge in [0, 0.05) is 23.8 Å². The summed E-state index contributed by atoms with van der Waals surface area (Å²) in [7, 11) is -2.46. The van der Waals surface area contributed by atoms with Crippen molar-refractivity contribution in [3.05, 3.63) is 55.0 Å². The summed E-state index contributed by atoms with van der Waals surface area (Å²) in [4.78, 5) is 3.97. The predicted molar refractivity (Wildman–Crippen MR) is 108 cm³/mol. The Hall–Kier alpha value is -2.85. The zero-order valence-electron chi connectivity index (χ0n) is 16.4. The van der Waals surface area contributed by atoms with Gasteiger partial charge in [0.25, 0.3) is 0 Å². The van der Waals surface area contributed by atoms with Crippen molar-refractivity contribution in [2.24, 2.45) is 0 Å². The molecule has 2 atom stereocenters. The van der Waals surface area contributed by atoms with Crippen LogP contribution in [0.2, 0.25) is 0 Å². The van der Waals surface area contributed by atoms with Crippen molar-refractivity contribution in [2.75, 3.05) is 7.11 Å². The summed E-state index contributed by atoms with van der Waals surface area (Å²) in [5, 5.41) is 7.65. The van der Waals surface area contributed by atoms with Crippen LogP contribution in [0.5, 0.6) is 5.88 Å². The zero-order chi connectivity index (χ0) is 21.1. The molecule has 0 radical (unpaired) electrons. The van der Waals surface area contributed by atoms with Crippen molar-refractivity contribution in [1.82, 2.24) is 24.5 Å². The normalized spacial score (nSPS) is 19.5. The summed E-state index contributed by atoms with van der Waals surface area (Å²) in [5.74, 6) is -0.353. The number of hydrogen-bond acceptors (Lipinski definition) is 6. The fourth-order valence-corrected chi connectivity index (χ4v) is 5.21. The van der Waals surface area contributed by atoms with Crippen LogP contribution >= 0.6 is 0 Å². The number of methoxy groups -OCH3 is 1. The highest BCUT2D eigenvalue weighted by Gasteiger charge is 2.28. The molecule has 0 saturated heterocycles. The van der Waals surface area contributed by atoms with Gasteiger partial charge in [0.1, 0.15) is 18.5 Å². The van der Waals surface area contributed by atoms with Crippen LogP contribution in [0, 0.1) is 5.82 Å². The van der Waals surface area contributed by atoms with Crippen LogP contribution in [0.15, 0.2) is 54.1 Å². The van der Waals surface area contributed by atoms with Gasteiger partial charge in [-0.05, 0) is 61.6 Å². The molecule has 2 unspecified atom stereocenters. The standard InChI is InChI=1S/C20H22FN5O3S/c1-29-20-19(6-3-7-22-20)14-8-15(21)10-18(9-14)30(27,28)25-16-4-2-5-17(11-16)26-12-23-24-13-26/h3,6-10,12-13,16-17,25H,2,4-5,11H2,1H3. The van der Waals surface area contributed by atoms with Gasteiger partial charge < -0.3 is 9.30 Å². The highest BCUT2D eigenvalue weighted by atomic mass is 32.2. The first-order chi connectivity index (χ1) is 14.5. The average molecular weight is 431 g/mol. The molecule has 10 heteroatoms. The first kappa shape index (κ1) is 20.4. The van der Waals surface area contributed by atoms with Crippen molar-refractivity contribution >= 4 is 10.0 Å². The maximum atomic E-state index is 14.3. The third kappa shape index (κ3) is 4.34. The SMILES string of the molecule is COc1ncccc1-c1cc(F)cc(S(=O)(=O)NC2CCCC(n3cnnc3)C2)c1. The van der Waals surface area contributed by atoms with Crippen LogP contribution in [0.25, 0.3) is 11.1 Å². The molecule has 1 saturated carbocycles. The van der Waals surface area contributed by atoms with E-state index < -0.39 is 15.8 Å². The Kier molecular flexibility index (Phi) is 5.78. The van der Waals surface area contributed by atoms with Crippen LogP contribution < -0.4 is 9.46 Å². The lowest BCUT2D eigenvalue weighted by Crippen LogP contribution is -2.38. The third-order valence-corrected chi connectivity index (χ3v) is 6.78. The quantitative estimate of drug-likeness (QED) is 0.644. The molecule has 2 heterocycles. The highest BCUT2D eigenvalue weighted by Crippen LogP contribution is 2.32. The molecule has 3 aromatic rings. The van der Waals surface area contributed by atoms with E-state index >= 15 is 0 Å². The van der Waals surface area contributed by atoms with E-state index in [1.807, 2.05) is 4.57 Å². The second-order valence-electron chi connectivity index (χ2n) is 7.28. The number of rotatable bonds is 6. The summed E-state index contributed by atoms with van der Waals surface area (Å²) >= 11 is 0. The number of sulfonamides is 1. The first-order valence-corrected chi connectivity index (χ1v) is 11.1. The smallest absolute Gasteiger partial charge is 0.240 e. The van der Waals surface area contributed by atoms with E-state index in [0.29, 0.717) is 23.4 Å². The molecule has 1 aromatic carbocycles. The predicted octanol–water partition coefficient (Wildman–Crippen LogP) is 2.95. The fraction of sp³-hybridized carbons (Fsp3) is 0.350. The minimum Gasteiger partial charge on any atom is -0.481 e. The van der Waals surface area contributed by atoms with E-state index in [2.05, 4.69) is 19.9 Å². The highest BCUT2D eigenvalue weighted by molar-refractivity contribution is 7.89. The number of nitrogens with zero attached hydrogens (tertiary/aromatic N) is 4. The van der Waals surface area contributed by atoms with Crippen LogP contribution in [-0.2, 0) is 10.0 Å². The molecule has 0 aliphatic heterocycles. The van der Waals surface area contributed by atoms with Crippen LogP contribution in [-0.4, -0.2) is 41.3 Å². The Morgan fingerprint density at radius 3 is 2.77 bits per heavy atom. The molecule has 4 rings (SSSR count). The summed E-state index contributed by atoms with van der Waals surface area (Å²) in [5.41, 5.74) is 0.896. The monoisotopic (exact) mass is 431 g/mol. The second kappa shape index (κ2) is 8.49. The van der Waals surface area contributed by atoms with Crippen molar-refractivity contribution in [3.8, 4) is 17.0 Å². The Morgan fingerprint density at radius 1 is 1.20 bits per heavy atom. The molecule has 0 bridgehead atoms. The Bertz CT molecular complexity index is 1120. The maximum absolute atomic E-state index is 14.3. The molecule has 2 aromatic heterocycles. The number of nitrogens with one attached hydrogen (secondary N) is 1.